The lowest BCUT2D eigenvalue weighted by Gasteiger charge is -2.35. The number of aryl methyl sites for hydroxylation is 1. The number of nitrogens with zero attached hydrogens (tertiary/aromatic N) is 2. The number of pyridine rings is 1. The van der Waals surface area contributed by atoms with Crippen molar-refractivity contribution in [2.24, 2.45) is 11.3 Å². The normalized spacial score (nSPS) is 16.2. The molecule has 0 spiro atoms. The van der Waals surface area contributed by atoms with Crippen LogP contribution < -0.4 is 5.32 Å². The molecule has 4 rings (SSSR count). The zero-order valence-corrected chi connectivity index (χ0v) is 19.1. The number of hydrogen-bond donors (Lipinski definition) is 1. The maximum absolute atomic E-state index is 12.7. The van der Waals surface area contributed by atoms with Crippen LogP contribution in [-0.2, 0) is 12.8 Å². The van der Waals surface area contributed by atoms with E-state index in [-0.39, 0.29) is 5.91 Å². The number of carbonyl (C=O) groups is 1. The van der Waals surface area contributed by atoms with Gasteiger partial charge in [0, 0.05) is 22.2 Å². The molecule has 1 aromatic carbocycles. The molecule has 1 aliphatic carbocycles. The van der Waals surface area contributed by atoms with Gasteiger partial charge in [0.25, 0.3) is 5.91 Å². The lowest BCUT2D eigenvalue weighted by molar-refractivity contribution is 0.102. The monoisotopic (exact) mass is 439 g/mol. The Bertz CT molecular complexity index is 1060. The first-order chi connectivity index (χ1) is 14.4. The van der Waals surface area contributed by atoms with E-state index in [0.717, 1.165) is 24.1 Å². The number of anilines is 1. The van der Waals surface area contributed by atoms with Gasteiger partial charge in [0.2, 0.25) is 0 Å². The minimum absolute atomic E-state index is 0.148. The van der Waals surface area contributed by atoms with Crippen LogP contribution in [0.25, 0.3) is 11.3 Å². The van der Waals surface area contributed by atoms with Crippen LogP contribution in [0, 0.1) is 11.3 Å². The largest absolute Gasteiger partial charge is 0.298 e. The molecular formula is C24H26ClN3OS. The number of aromatic nitrogens is 2. The van der Waals surface area contributed by atoms with Crippen LogP contribution in [0.2, 0.25) is 5.02 Å². The summed E-state index contributed by atoms with van der Waals surface area (Å²) in [5, 5.41) is 4.26. The molecule has 0 bridgehead atoms. The fourth-order valence-electron chi connectivity index (χ4n) is 3.93. The maximum atomic E-state index is 12.7. The van der Waals surface area contributed by atoms with E-state index in [1.807, 2.05) is 12.1 Å². The van der Waals surface area contributed by atoms with E-state index in [4.69, 9.17) is 16.6 Å². The first-order valence-electron chi connectivity index (χ1n) is 10.4. The third kappa shape index (κ3) is 4.28. The summed E-state index contributed by atoms with van der Waals surface area (Å²) in [6, 6.07) is 10.9. The SMILES string of the molecule is CCC(C)(C)C1CCc2nc(NC(=O)c3ccc(-c4ncccc4Cl)cc3)sc2C1. The van der Waals surface area contributed by atoms with Crippen molar-refractivity contribution in [1.82, 2.24) is 9.97 Å². The topological polar surface area (TPSA) is 54.9 Å². The van der Waals surface area contributed by atoms with Gasteiger partial charge < -0.3 is 0 Å². The van der Waals surface area contributed by atoms with Crippen molar-refractivity contribution >= 4 is 34.0 Å². The highest BCUT2D eigenvalue weighted by atomic mass is 35.5. The maximum Gasteiger partial charge on any atom is 0.257 e. The number of amides is 1. The highest BCUT2D eigenvalue weighted by Gasteiger charge is 2.32. The number of nitrogens with one attached hydrogen (secondary N) is 1. The number of carbonyl (C=O) groups excluding carboxylic acids is 1. The van der Waals surface area contributed by atoms with Gasteiger partial charge in [-0.25, -0.2) is 4.98 Å². The molecule has 4 nitrogen and oxygen atoms in total. The molecule has 30 heavy (non-hydrogen) atoms. The summed E-state index contributed by atoms with van der Waals surface area (Å²) in [6.45, 7) is 6.98. The Labute approximate surface area is 186 Å². The molecule has 2 heterocycles. The summed E-state index contributed by atoms with van der Waals surface area (Å²) in [7, 11) is 0. The Hall–Kier alpha value is -2.24. The van der Waals surface area contributed by atoms with E-state index in [1.54, 1.807) is 41.8 Å². The lowest BCUT2D eigenvalue weighted by Crippen LogP contribution is -2.28. The van der Waals surface area contributed by atoms with Crippen LogP contribution in [0.1, 0.15) is 54.5 Å². The molecule has 2 aromatic heterocycles. The van der Waals surface area contributed by atoms with Crippen molar-refractivity contribution in [2.75, 3.05) is 5.32 Å². The van der Waals surface area contributed by atoms with E-state index in [0.29, 0.717) is 32.7 Å². The molecule has 1 atom stereocenters. The van der Waals surface area contributed by atoms with Crippen molar-refractivity contribution < 1.29 is 4.79 Å². The Kier molecular flexibility index (Phi) is 5.94. The number of benzene rings is 1. The van der Waals surface area contributed by atoms with Gasteiger partial charge in [0.05, 0.1) is 16.4 Å². The summed E-state index contributed by atoms with van der Waals surface area (Å²) in [5.74, 6) is 0.523. The predicted octanol–water partition coefficient (Wildman–Crippen LogP) is 6.65. The Morgan fingerprint density at radius 3 is 2.73 bits per heavy atom. The van der Waals surface area contributed by atoms with Crippen LogP contribution in [-0.4, -0.2) is 15.9 Å². The van der Waals surface area contributed by atoms with Crippen LogP contribution in [0.3, 0.4) is 0 Å². The van der Waals surface area contributed by atoms with Crippen molar-refractivity contribution in [2.45, 2.75) is 46.5 Å². The molecule has 6 heteroatoms. The third-order valence-corrected chi connectivity index (χ3v) is 7.70. The van der Waals surface area contributed by atoms with Gasteiger partial charge in [0.1, 0.15) is 0 Å². The summed E-state index contributed by atoms with van der Waals surface area (Å²) in [6.07, 6.45) is 6.11. The van der Waals surface area contributed by atoms with E-state index in [2.05, 4.69) is 31.1 Å². The van der Waals surface area contributed by atoms with E-state index in [9.17, 15) is 4.79 Å². The number of rotatable bonds is 5. The summed E-state index contributed by atoms with van der Waals surface area (Å²) >= 11 is 7.84. The molecule has 0 fully saturated rings. The summed E-state index contributed by atoms with van der Waals surface area (Å²) in [4.78, 5) is 23.1. The second kappa shape index (κ2) is 8.48. The molecule has 156 valence electrons. The Morgan fingerprint density at radius 1 is 1.27 bits per heavy atom. The average molecular weight is 440 g/mol. The average Bonchev–Trinajstić information content (AvgIpc) is 3.15. The van der Waals surface area contributed by atoms with Crippen LogP contribution in [0.5, 0.6) is 0 Å². The quantitative estimate of drug-likeness (QED) is 0.484. The highest BCUT2D eigenvalue weighted by Crippen LogP contribution is 2.42. The Morgan fingerprint density at radius 2 is 2.03 bits per heavy atom. The van der Waals surface area contributed by atoms with Gasteiger partial charge in [-0.15, -0.1) is 11.3 Å². The fraction of sp³-hybridized carbons (Fsp3) is 0.375. The molecule has 0 radical (unpaired) electrons. The first-order valence-corrected chi connectivity index (χ1v) is 11.6. The van der Waals surface area contributed by atoms with Crippen molar-refractivity contribution in [1.29, 1.82) is 0 Å². The van der Waals surface area contributed by atoms with Crippen molar-refractivity contribution in [3.05, 3.63) is 63.8 Å². The molecule has 0 saturated carbocycles. The predicted molar refractivity (Wildman–Crippen MR) is 124 cm³/mol. The van der Waals surface area contributed by atoms with E-state index >= 15 is 0 Å². The number of halogens is 1. The van der Waals surface area contributed by atoms with Crippen LogP contribution in [0.4, 0.5) is 5.13 Å². The summed E-state index contributed by atoms with van der Waals surface area (Å²) in [5.41, 5.74) is 3.67. The lowest BCUT2D eigenvalue weighted by atomic mass is 9.70. The van der Waals surface area contributed by atoms with Gasteiger partial charge in [-0.3, -0.25) is 15.1 Å². The summed E-state index contributed by atoms with van der Waals surface area (Å²) < 4.78 is 0. The molecular weight excluding hydrogens is 414 g/mol. The number of thiazole rings is 1. The van der Waals surface area contributed by atoms with Gasteiger partial charge >= 0.3 is 0 Å². The molecule has 1 aliphatic rings. The van der Waals surface area contributed by atoms with E-state index in [1.165, 1.54) is 17.7 Å². The minimum atomic E-state index is -0.148. The molecule has 0 aliphatic heterocycles. The zero-order valence-electron chi connectivity index (χ0n) is 17.5. The molecule has 1 unspecified atom stereocenters. The van der Waals surface area contributed by atoms with Crippen molar-refractivity contribution in [3.8, 4) is 11.3 Å². The minimum Gasteiger partial charge on any atom is -0.298 e. The second-order valence-corrected chi connectivity index (χ2v) is 10.0. The van der Waals surface area contributed by atoms with Crippen LogP contribution >= 0.6 is 22.9 Å². The molecule has 1 amide bonds. The fourth-order valence-corrected chi connectivity index (χ4v) is 5.24. The van der Waals surface area contributed by atoms with E-state index < -0.39 is 0 Å². The van der Waals surface area contributed by atoms with Gasteiger partial charge in [-0.2, -0.15) is 0 Å². The smallest absolute Gasteiger partial charge is 0.257 e. The van der Waals surface area contributed by atoms with Gasteiger partial charge in [-0.05, 0) is 54.9 Å². The van der Waals surface area contributed by atoms with Gasteiger partial charge in [0.15, 0.2) is 5.13 Å². The van der Waals surface area contributed by atoms with Crippen LogP contribution in [0.15, 0.2) is 42.6 Å². The third-order valence-electron chi connectivity index (χ3n) is 6.36. The molecule has 3 aromatic rings. The highest BCUT2D eigenvalue weighted by molar-refractivity contribution is 7.15. The zero-order chi connectivity index (χ0) is 21.3. The van der Waals surface area contributed by atoms with Gasteiger partial charge in [-0.1, -0.05) is 50.9 Å². The molecule has 1 N–H and O–H groups in total. The van der Waals surface area contributed by atoms with Crippen molar-refractivity contribution in [3.63, 3.8) is 0 Å². The molecule has 0 saturated heterocycles. The number of hydrogen-bond acceptors (Lipinski definition) is 4. The number of fused-ring (bicyclic) bond motifs is 1. The Balaban J connectivity index is 1.46. The standard InChI is InChI=1S/C24H26ClN3OS/c1-4-24(2,3)17-11-12-19-20(14-17)30-23(27-19)28-22(29)16-9-7-15(8-10-16)21-18(25)6-5-13-26-21/h5-10,13,17H,4,11-12,14H2,1-3H3,(H,27,28,29). The second-order valence-electron chi connectivity index (χ2n) is 8.54. The first kappa shape index (κ1) is 21.0.